The van der Waals surface area contributed by atoms with Crippen molar-refractivity contribution in [3.8, 4) is 0 Å². The highest BCUT2D eigenvalue weighted by Gasteiger charge is 2.29. The molecule has 0 bridgehead atoms. The van der Waals surface area contributed by atoms with Gasteiger partial charge in [0.15, 0.2) is 0 Å². The van der Waals surface area contributed by atoms with Crippen molar-refractivity contribution in [1.82, 2.24) is 9.97 Å². The summed E-state index contributed by atoms with van der Waals surface area (Å²) in [6.45, 7) is 6.67. The number of aryl methyl sites for hydroxylation is 1. The van der Waals surface area contributed by atoms with Crippen LogP contribution in [-0.2, 0) is 0 Å². The minimum atomic E-state index is 0.341. The van der Waals surface area contributed by atoms with E-state index in [2.05, 4.69) is 35.8 Å². The fraction of sp³-hybridized carbons (Fsp3) is 0.714. The van der Waals surface area contributed by atoms with Crippen LogP contribution in [0.4, 0.5) is 5.82 Å². The van der Waals surface area contributed by atoms with Crippen LogP contribution in [0, 0.1) is 12.3 Å². The van der Waals surface area contributed by atoms with Crippen molar-refractivity contribution in [2.75, 3.05) is 11.9 Å². The monoisotopic (exact) mass is 267 g/mol. The second kappa shape index (κ2) is 5.04. The molecule has 0 unspecified atom stereocenters. The van der Waals surface area contributed by atoms with Crippen molar-refractivity contribution in [1.29, 1.82) is 0 Å². The molecule has 2 rings (SSSR count). The van der Waals surface area contributed by atoms with Crippen LogP contribution in [-0.4, -0.2) is 23.1 Å². The van der Waals surface area contributed by atoms with Gasteiger partial charge in [0.1, 0.15) is 5.82 Å². The first-order chi connectivity index (χ1) is 8.37. The molecule has 4 heteroatoms. The molecular weight excluding hydrogens is 246 g/mol. The van der Waals surface area contributed by atoms with Gasteiger partial charge in [-0.15, -0.1) is 0 Å². The van der Waals surface area contributed by atoms with Gasteiger partial charge in [0.25, 0.3) is 0 Å². The van der Waals surface area contributed by atoms with Crippen LogP contribution >= 0.6 is 11.6 Å². The Morgan fingerprint density at radius 3 is 2.44 bits per heavy atom. The molecule has 1 saturated carbocycles. The maximum absolute atomic E-state index is 5.93. The van der Waals surface area contributed by atoms with E-state index >= 15 is 0 Å². The molecule has 1 aliphatic rings. The molecule has 0 aliphatic heterocycles. The molecule has 100 valence electrons. The van der Waals surface area contributed by atoms with E-state index in [0.717, 1.165) is 11.5 Å². The molecule has 0 radical (unpaired) electrons. The van der Waals surface area contributed by atoms with Crippen LogP contribution in [0.15, 0.2) is 6.07 Å². The minimum absolute atomic E-state index is 0.341. The predicted molar refractivity (Wildman–Crippen MR) is 76.2 cm³/mol. The van der Waals surface area contributed by atoms with E-state index in [-0.39, 0.29) is 0 Å². The number of hydrogen-bond donors (Lipinski definition) is 0. The summed E-state index contributed by atoms with van der Waals surface area (Å²) in [5, 5.41) is 0.341. The second-order valence-corrected chi connectivity index (χ2v) is 6.48. The molecule has 1 heterocycles. The van der Waals surface area contributed by atoms with Crippen LogP contribution in [0.2, 0.25) is 5.28 Å². The quantitative estimate of drug-likeness (QED) is 0.763. The standard InChI is InChI=1S/C14H22ClN3/c1-10-9-12(17-13(15)16-10)18(4)11-5-7-14(2,3)8-6-11/h9,11H,5-8H2,1-4H3. The first kappa shape index (κ1) is 13.6. The van der Waals surface area contributed by atoms with Gasteiger partial charge in [0.05, 0.1) is 0 Å². The van der Waals surface area contributed by atoms with Crippen molar-refractivity contribution < 1.29 is 0 Å². The zero-order valence-corrected chi connectivity index (χ0v) is 12.5. The number of aromatic nitrogens is 2. The average Bonchev–Trinajstić information content (AvgIpc) is 2.27. The summed E-state index contributed by atoms with van der Waals surface area (Å²) in [6.07, 6.45) is 5.01. The molecule has 0 N–H and O–H groups in total. The normalized spacial score (nSPS) is 19.8. The zero-order valence-electron chi connectivity index (χ0n) is 11.7. The lowest BCUT2D eigenvalue weighted by molar-refractivity contribution is 0.222. The fourth-order valence-electron chi connectivity index (χ4n) is 2.66. The highest BCUT2D eigenvalue weighted by molar-refractivity contribution is 6.28. The Kier molecular flexibility index (Phi) is 3.81. The summed E-state index contributed by atoms with van der Waals surface area (Å²) >= 11 is 5.93. The Balaban J connectivity index is 2.09. The fourth-order valence-corrected chi connectivity index (χ4v) is 2.88. The summed E-state index contributed by atoms with van der Waals surface area (Å²) in [5.41, 5.74) is 1.42. The van der Waals surface area contributed by atoms with Crippen LogP contribution in [0.5, 0.6) is 0 Å². The minimum Gasteiger partial charge on any atom is -0.357 e. The molecular formula is C14H22ClN3. The van der Waals surface area contributed by atoms with Crippen molar-refractivity contribution in [2.45, 2.75) is 52.5 Å². The highest BCUT2D eigenvalue weighted by atomic mass is 35.5. The van der Waals surface area contributed by atoms with Gasteiger partial charge in [0.2, 0.25) is 5.28 Å². The molecule has 1 aromatic rings. The Hall–Kier alpha value is -0.830. The van der Waals surface area contributed by atoms with Gasteiger partial charge >= 0.3 is 0 Å². The molecule has 0 aromatic carbocycles. The lowest BCUT2D eigenvalue weighted by Crippen LogP contribution is -2.37. The first-order valence-electron chi connectivity index (χ1n) is 6.61. The molecule has 18 heavy (non-hydrogen) atoms. The van der Waals surface area contributed by atoms with E-state index in [1.54, 1.807) is 0 Å². The van der Waals surface area contributed by atoms with Gasteiger partial charge in [-0.05, 0) is 49.6 Å². The van der Waals surface area contributed by atoms with Crippen LogP contribution < -0.4 is 4.90 Å². The second-order valence-electron chi connectivity index (χ2n) is 6.14. The third-order valence-electron chi connectivity index (χ3n) is 4.03. The zero-order chi connectivity index (χ0) is 13.3. The Morgan fingerprint density at radius 2 is 1.89 bits per heavy atom. The third-order valence-corrected chi connectivity index (χ3v) is 4.20. The number of rotatable bonds is 2. The summed E-state index contributed by atoms with van der Waals surface area (Å²) in [5.74, 6) is 0.942. The van der Waals surface area contributed by atoms with Crippen LogP contribution in [0.3, 0.4) is 0 Å². The van der Waals surface area contributed by atoms with Crippen molar-refractivity contribution in [2.24, 2.45) is 5.41 Å². The van der Waals surface area contributed by atoms with E-state index in [9.17, 15) is 0 Å². The summed E-state index contributed by atoms with van der Waals surface area (Å²) in [7, 11) is 2.11. The smallest absolute Gasteiger partial charge is 0.224 e. The largest absolute Gasteiger partial charge is 0.357 e. The third kappa shape index (κ3) is 3.14. The van der Waals surface area contributed by atoms with Crippen molar-refractivity contribution >= 4 is 17.4 Å². The number of hydrogen-bond acceptors (Lipinski definition) is 3. The van der Waals surface area contributed by atoms with Crippen molar-refractivity contribution in [3.63, 3.8) is 0 Å². The molecule has 0 saturated heterocycles. The molecule has 0 atom stereocenters. The average molecular weight is 268 g/mol. The molecule has 0 spiro atoms. The van der Waals surface area contributed by atoms with Gasteiger partial charge in [-0.1, -0.05) is 13.8 Å². The van der Waals surface area contributed by atoms with Crippen LogP contribution in [0.25, 0.3) is 0 Å². The molecule has 1 aliphatic carbocycles. The number of anilines is 1. The maximum Gasteiger partial charge on any atom is 0.224 e. The van der Waals surface area contributed by atoms with E-state index in [1.165, 1.54) is 25.7 Å². The maximum atomic E-state index is 5.93. The number of nitrogens with zero attached hydrogens (tertiary/aromatic N) is 3. The Labute approximate surface area is 115 Å². The Morgan fingerprint density at radius 1 is 1.28 bits per heavy atom. The van der Waals surface area contributed by atoms with Gasteiger partial charge in [-0.2, -0.15) is 0 Å². The van der Waals surface area contributed by atoms with Gasteiger partial charge in [-0.25, -0.2) is 9.97 Å². The molecule has 1 fully saturated rings. The lowest BCUT2D eigenvalue weighted by Gasteiger charge is -2.39. The highest BCUT2D eigenvalue weighted by Crippen LogP contribution is 2.37. The van der Waals surface area contributed by atoms with Crippen LogP contribution in [0.1, 0.15) is 45.2 Å². The number of halogens is 1. The Bertz CT molecular complexity index is 401. The SMILES string of the molecule is Cc1cc(N(C)C2CCC(C)(C)CC2)nc(Cl)n1. The van der Waals surface area contributed by atoms with Crippen molar-refractivity contribution in [3.05, 3.63) is 17.0 Å². The first-order valence-corrected chi connectivity index (χ1v) is 6.99. The van der Waals surface area contributed by atoms with Gasteiger partial charge in [0, 0.05) is 24.8 Å². The summed E-state index contributed by atoms with van der Waals surface area (Å²) in [6, 6.07) is 2.58. The molecule has 1 aromatic heterocycles. The molecule has 0 amide bonds. The summed E-state index contributed by atoms with van der Waals surface area (Å²) < 4.78 is 0. The topological polar surface area (TPSA) is 29.0 Å². The van der Waals surface area contributed by atoms with E-state index < -0.39 is 0 Å². The lowest BCUT2D eigenvalue weighted by atomic mass is 9.75. The van der Waals surface area contributed by atoms with E-state index in [0.29, 0.717) is 16.7 Å². The van der Waals surface area contributed by atoms with Gasteiger partial charge < -0.3 is 4.90 Å². The predicted octanol–water partition coefficient (Wildman–Crippen LogP) is 3.84. The molecule has 3 nitrogen and oxygen atoms in total. The van der Waals surface area contributed by atoms with E-state index in [4.69, 9.17) is 11.6 Å². The van der Waals surface area contributed by atoms with E-state index in [1.807, 2.05) is 13.0 Å². The summed E-state index contributed by atoms with van der Waals surface area (Å²) in [4.78, 5) is 10.7. The van der Waals surface area contributed by atoms with Gasteiger partial charge in [-0.3, -0.25) is 0 Å².